The lowest BCUT2D eigenvalue weighted by molar-refractivity contribution is -0.385. The summed E-state index contributed by atoms with van der Waals surface area (Å²) in [5.74, 6) is -1.02. The van der Waals surface area contributed by atoms with Crippen LogP contribution < -0.4 is 15.9 Å². The normalized spacial score (nSPS) is 15.2. The van der Waals surface area contributed by atoms with Crippen LogP contribution in [0.2, 0.25) is 0 Å². The van der Waals surface area contributed by atoms with Gasteiger partial charge in [-0.25, -0.2) is 4.99 Å². The Labute approximate surface area is 161 Å². The lowest BCUT2D eigenvalue weighted by atomic mass is 9.97. The van der Waals surface area contributed by atoms with Crippen LogP contribution in [0.25, 0.3) is 6.08 Å². The van der Waals surface area contributed by atoms with Crippen molar-refractivity contribution in [3.05, 3.63) is 73.3 Å². The van der Waals surface area contributed by atoms with Gasteiger partial charge < -0.3 is 5.32 Å². The Balaban J connectivity index is 1.72. The van der Waals surface area contributed by atoms with Crippen LogP contribution in [-0.4, -0.2) is 23.3 Å². The molecule has 2 amide bonds. The molecule has 0 spiro atoms. The Kier molecular flexibility index (Phi) is 5.35. The minimum absolute atomic E-state index is 0.0929. The first-order valence-electron chi connectivity index (χ1n) is 9.02. The van der Waals surface area contributed by atoms with Gasteiger partial charge in [0.05, 0.1) is 16.2 Å². The second-order valence-electron chi connectivity index (χ2n) is 6.94. The highest BCUT2D eigenvalue weighted by Crippen LogP contribution is 2.21. The molecule has 1 heterocycles. The minimum Gasteiger partial charge on any atom is -0.352 e. The number of nitrogens with zero attached hydrogens (tertiary/aromatic N) is 2. The van der Waals surface area contributed by atoms with Gasteiger partial charge in [-0.3, -0.25) is 19.7 Å². The third-order valence-electron chi connectivity index (χ3n) is 5.03. The second kappa shape index (κ2) is 7.72. The summed E-state index contributed by atoms with van der Waals surface area (Å²) in [6.45, 7) is 5.71. The van der Waals surface area contributed by atoms with Gasteiger partial charge in [0.1, 0.15) is 0 Å². The summed E-state index contributed by atoms with van der Waals surface area (Å²) in [4.78, 5) is 39.5. The van der Waals surface area contributed by atoms with E-state index in [0.29, 0.717) is 12.0 Å². The van der Waals surface area contributed by atoms with Gasteiger partial charge >= 0.3 is 0 Å². The zero-order chi connectivity index (χ0) is 20.4. The van der Waals surface area contributed by atoms with E-state index in [1.807, 2.05) is 32.1 Å². The number of amides is 2. The number of rotatable bonds is 5. The van der Waals surface area contributed by atoms with Crippen LogP contribution in [0.4, 0.5) is 5.69 Å². The van der Waals surface area contributed by atoms with Crippen LogP contribution in [0.3, 0.4) is 0 Å². The topological polar surface area (TPSA) is 102 Å². The number of carbonyl (C=O) groups is 2. The Morgan fingerprint density at radius 3 is 2.61 bits per heavy atom. The molecule has 7 nitrogen and oxygen atoms in total. The minimum atomic E-state index is -0.509. The number of aryl methyl sites for hydroxylation is 2. The highest BCUT2D eigenvalue weighted by molar-refractivity contribution is 5.96. The standard InChI is InChI=1S/C21H21N3O4/c1-12-7-8-13(2)19-17(12)11-15(20(25)23-19)9-10-22-21(26)16-5-4-6-18(14(16)3)24(27)28/h4-8,11,15H,9-10H2,1-3H3,(H,22,26). The van der Waals surface area contributed by atoms with Gasteiger partial charge in [-0.15, -0.1) is 0 Å². The molecule has 28 heavy (non-hydrogen) atoms. The van der Waals surface area contributed by atoms with Crippen LogP contribution in [0.1, 0.15) is 33.5 Å². The molecule has 0 radical (unpaired) electrons. The first kappa shape index (κ1) is 19.4. The molecular weight excluding hydrogens is 358 g/mol. The molecule has 0 aromatic heterocycles. The molecular formula is C21H21N3O4. The van der Waals surface area contributed by atoms with Crippen molar-refractivity contribution in [2.24, 2.45) is 10.9 Å². The lowest BCUT2D eigenvalue weighted by Crippen LogP contribution is -2.38. The highest BCUT2D eigenvalue weighted by atomic mass is 16.6. The summed E-state index contributed by atoms with van der Waals surface area (Å²) >= 11 is 0. The van der Waals surface area contributed by atoms with Gasteiger partial charge in [0.15, 0.2) is 0 Å². The van der Waals surface area contributed by atoms with Crippen LogP contribution in [-0.2, 0) is 4.79 Å². The fraction of sp³-hybridized carbons (Fsp3) is 0.286. The molecule has 0 saturated carbocycles. The SMILES string of the molecule is Cc1c(C(=O)NCCC2C=c3c(C)ccc(C)c3=NC2=O)cccc1[N+](=O)[O-]. The molecule has 1 unspecified atom stereocenters. The van der Waals surface area contributed by atoms with Crippen molar-refractivity contribution in [2.75, 3.05) is 6.54 Å². The average Bonchev–Trinajstić information content (AvgIpc) is 2.65. The van der Waals surface area contributed by atoms with Gasteiger partial charge in [0.2, 0.25) is 0 Å². The van der Waals surface area contributed by atoms with Crippen LogP contribution in [0.5, 0.6) is 0 Å². The van der Waals surface area contributed by atoms with Crippen molar-refractivity contribution in [2.45, 2.75) is 27.2 Å². The van der Waals surface area contributed by atoms with Crippen LogP contribution in [0.15, 0.2) is 35.3 Å². The maximum absolute atomic E-state index is 12.4. The Morgan fingerprint density at radius 2 is 1.89 bits per heavy atom. The van der Waals surface area contributed by atoms with E-state index in [1.54, 1.807) is 13.0 Å². The molecule has 0 saturated heterocycles. The summed E-state index contributed by atoms with van der Waals surface area (Å²) in [6, 6.07) is 8.35. The van der Waals surface area contributed by atoms with Crippen molar-refractivity contribution in [1.29, 1.82) is 0 Å². The molecule has 7 heteroatoms. The van der Waals surface area contributed by atoms with E-state index in [0.717, 1.165) is 21.7 Å². The third-order valence-corrected chi connectivity index (χ3v) is 5.03. The zero-order valence-corrected chi connectivity index (χ0v) is 16.0. The van der Waals surface area contributed by atoms with Gasteiger partial charge in [0, 0.05) is 29.0 Å². The largest absolute Gasteiger partial charge is 0.352 e. The van der Waals surface area contributed by atoms with E-state index >= 15 is 0 Å². The number of nitrogens with one attached hydrogen (secondary N) is 1. The smallest absolute Gasteiger partial charge is 0.273 e. The van der Waals surface area contributed by atoms with Crippen molar-refractivity contribution >= 4 is 23.6 Å². The predicted molar refractivity (Wildman–Crippen MR) is 104 cm³/mol. The number of nitro benzene ring substituents is 1. The first-order valence-corrected chi connectivity index (χ1v) is 9.02. The van der Waals surface area contributed by atoms with Crippen molar-refractivity contribution in [3.63, 3.8) is 0 Å². The molecule has 1 aliphatic heterocycles. The number of benzene rings is 2. The number of hydrogen-bond donors (Lipinski definition) is 1. The third kappa shape index (κ3) is 3.69. The highest BCUT2D eigenvalue weighted by Gasteiger charge is 2.21. The van der Waals surface area contributed by atoms with Gasteiger partial charge in [-0.2, -0.15) is 0 Å². The molecule has 2 aromatic rings. The Hall–Kier alpha value is -3.35. The molecule has 2 aromatic carbocycles. The number of hydrogen-bond acceptors (Lipinski definition) is 4. The molecule has 1 N–H and O–H groups in total. The number of carbonyl (C=O) groups excluding carboxylic acids is 2. The van der Waals surface area contributed by atoms with E-state index in [4.69, 9.17) is 0 Å². The maximum Gasteiger partial charge on any atom is 0.273 e. The summed E-state index contributed by atoms with van der Waals surface area (Å²) in [5.41, 5.74) is 2.50. The quantitative estimate of drug-likeness (QED) is 0.633. The molecule has 144 valence electrons. The summed E-state index contributed by atoms with van der Waals surface area (Å²) in [7, 11) is 0. The average molecular weight is 379 g/mol. The maximum atomic E-state index is 12.4. The summed E-state index contributed by atoms with van der Waals surface area (Å²) in [5, 5.41) is 15.5. The molecule has 1 atom stereocenters. The fourth-order valence-corrected chi connectivity index (χ4v) is 3.35. The van der Waals surface area contributed by atoms with Crippen molar-refractivity contribution in [3.8, 4) is 0 Å². The first-order chi connectivity index (χ1) is 13.3. The summed E-state index contributed by atoms with van der Waals surface area (Å²) in [6.07, 6.45) is 2.33. The zero-order valence-electron chi connectivity index (χ0n) is 16.0. The van der Waals surface area contributed by atoms with Crippen molar-refractivity contribution in [1.82, 2.24) is 5.32 Å². The van der Waals surface area contributed by atoms with Gasteiger partial charge in [-0.1, -0.05) is 24.3 Å². The van der Waals surface area contributed by atoms with E-state index in [1.165, 1.54) is 12.1 Å². The second-order valence-corrected chi connectivity index (χ2v) is 6.94. The fourth-order valence-electron chi connectivity index (χ4n) is 3.35. The molecule has 0 aliphatic carbocycles. The Morgan fingerprint density at radius 1 is 1.18 bits per heavy atom. The molecule has 0 fully saturated rings. The molecule has 0 bridgehead atoms. The van der Waals surface area contributed by atoms with Crippen LogP contribution in [0, 0.1) is 36.8 Å². The monoisotopic (exact) mass is 379 g/mol. The van der Waals surface area contributed by atoms with E-state index in [-0.39, 0.29) is 23.7 Å². The molecule has 1 aliphatic rings. The van der Waals surface area contributed by atoms with Crippen LogP contribution >= 0.6 is 0 Å². The van der Waals surface area contributed by atoms with E-state index < -0.39 is 16.7 Å². The number of fused-ring (bicyclic) bond motifs is 1. The lowest BCUT2D eigenvalue weighted by Gasteiger charge is -2.15. The van der Waals surface area contributed by atoms with E-state index in [9.17, 15) is 19.7 Å². The van der Waals surface area contributed by atoms with Crippen molar-refractivity contribution < 1.29 is 14.5 Å². The predicted octanol–water partition coefficient (Wildman–Crippen LogP) is 1.90. The van der Waals surface area contributed by atoms with E-state index in [2.05, 4.69) is 10.3 Å². The van der Waals surface area contributed by atoms with Gasteiger partial charge in [0.25, 0.3) is 17.5 Å². The Bertz CT molecular complexity index is 1110. The van der Waals surface area contributed by atoms with Gasteiger partial charge in [-0.05, 0) is 44.4 Å². The number of nitro groups is 1. The molecule has 3 rings (SSSR count). The summed E-state index contributed by atoms with van der Waals surface area (Å²) < 4.78 is 0.